The zero-order valence-electron chi connectivity index (χ0n) is 24.2. The number of amides is 3. The maximum Gasteiger partial charge on any atom is 0.319 e. The summed E-state index contributed by atoms with van der Waals surface area (Å²) in [5.41, 5.74) is 1.45. The molecule has 0 unspecified atom stereocenters. The van der Waals surface area contributed by atoms with Gasteiger partial charge in [-0.15, -0.1) is 0 Å². The smallest absolute Gasteiger partial charge is 0.319 e. The van der Waals surface area contributed by atoms with Gasteiger partial charge in [0.25, 0.3) is 0 Å². The fraction of sp³-hybridized carbons (Fsp3) is 0.452. The average molecular weight is 597 g/mol. The number of methoxy groups -OCH3 is 1. The lowest BCUT2D eigenvalue weighted by Gasteiger charge is -2.47. The highest BCUT2D eigenvalue weighted by Gasteiger charge is 2.41. The van der Waals surface area contributed by atoms with Gasteiger partial charge in [0.05, 0.1) is 43.2 Å². The molecule has 1 spiro atoms. The molecule has 224 valence electrons. The van der Waals surface area contributed by atoms with Crippen LogP contribution in [0.5, 0.6) is 23.0 Å². The Kier molecular flexibility index (Phi) is 9.23. The Labute approximate surface area is 250 Å². The van der Waals surface area contributed by atoms with E-state index in [0.717, 1.165) is 44.5 Å². The van der Waals surface area contributed by atoms with Crippen molar-refractivity contribution in [2.24, 2.45) is 5.41 Å². The quantitative estimate of drug-likeness (QED) is 0.275. The van der Waals surface area contributed by atoms with E-state index in [1.165, 1.54) is 0 Å². The number of rotatable bonds is 10. The number of fused-ring (bicyclic) bond motifs is 1. The van der Waals surface area contributed by atoms with Gasteiger partial charge in [-0.05, 0) is 57.4 Å². The zero-order chi connectivity index (χ0) is 29.7. The minimum atomic E-state index is -0.336. The number of likely N-dealkylation sites (tertiary alicyclic amines) is 1. The highest BCUT2D eigenvalue weighted by molar-refractivity contribution is 6.33. The number of aromatic nitrogens is 1. The van der Waals surface area contributed by atoms with Crippen LogP contribution in [0.15, 0.2) is 42.6 Å². The summed E-state index contributed by atoms with van der Waals surface area (Å²) >= 11 is 6.41. The number of halogens is 1. The molecule has 1 aromatic heterocycles. The minimum absolute atomic E-state index is 0.000886. The Morgan fingerprint density at radius 3 is 2.55 bits per heavy atom. The lowest BCUT2D eigenvalue weighted by atomic mass is 9.77. The monoisotopic (exact) mass is 596 g/mol. The molecule has 11 heteroatoms. The van der Waals surface area contributed by atoms with Crippen molar-refractivity contribution in [2.45, 2.75) is 45.6 Å². The van der Waals surface area contributed by atoms with Crippen LogP contribution in [0.1, 0.15) is 39.5 Å². The van der Waals surface area contributed by atoms with Gasteiger partial charge < -0.3 is 34.5 Å². The molecule has 5 rings (SSSR count). The molecule has 2 N–H and O–H groups in total. The first-order valence-electron chi connectivity index (χ1n) is 14.3. The van der Waals surface area contributed by atoms with Gasteiger partial charge in [0.1, 0.15) is 11.5 Å². The normalized spacial score (nSPS) is 15.8. The van der Waals surface area contributed by atoms with Crippen LogP contribution in [-0.2, 0) is 9.53 Å². The fourth-order valence-electron chi connectivity index (χ4n) is 5.17. The molecule has 2 saturated heterocycles. The van der Waals surface area contributed by atoms with Gasteiger partial charge in [-0.25, -0.2) is 4.79 Å². The average Bonchev–Trinajstić information content (AvgIpc) is 2.95. The summed E-state index contributed by atoms with van der Waals surface area (Å²) in [5, 5.41) is 6.56. The summed E-state index contributed by atoms with van der Waals surface area (Å²) in [7, 11) is 1.58. The summed E-state index contributed by atoms with van der Waals surface area (Å²) in [6.45, 7) is 7.40. The van der Waals surface area contributed by atoms with Gasteiger partial charge in [-0.2, -0.15) is 0 Å². The number of nitrogens with zero attached hydrogens (tertiary/aromatic N) is 2. The summed E-state index contributed by atoms with van der Waals surface area (Å²) in [4.78, 5) is 31.2. The van der Waals surface area contributed by atoms with Gasteiger partial charge in [-0.1, -0.05) is 11.6 Å². The molecule has 3 heterocycles. The molecule has 0 radical (unpaired) electrons. The van der Waals surface area contributed by atoms with Gasteiger partial charge in [0.15, 0.2) is 11.5 Å². The molecule has 2 aromatic carbocycles. The van der Waals surface area contributed by atoms with Crippen molar-refractivity contribution in [1.29, 1.82) is 0 Å². The van der Waals surface area contributed by atoms with Crippen molar-refractivity contribution >= 4 is 40.1 Å². The first kappa shape index (κ1) is 29.7. The Balaban J connectivity index is 1.19. The van der Waals surface area contributed by atoms with Crippen LogP contribution in [0.25, 0.3) is 10.9 Å². The molecule has 2 fully saturated rings. The third-order valence-electron chi connectivity index (χ3n) is 7.61. The van der Waals surface area contributed by atoms with Crippen molar-refractivity contribution < 1.29 is 28.5 Å². The lowest BCUT2D eigenvalue weighted by molar-refractivity contribution is -0.153. The van der Waals surface area contributed by atoms with Crippen molar-refractivity contribution in [3.63, 3.8) is 0 Å². The van der Waals surface area contributed by atoms with E-state index in [-0.39, 0.29) is 18.0 Å². The van der Waals surface area contributed by atoms with E-state index >= 15 is 0 Å². The molecular weight excluding hydrogens is 560 g/mol. The number of nitrogens with one attached hydrogen (secondary N) is 2. The van der Waals surface area contributed by atoms with Gasteiger partial charge in [0.2, 0.25) is 5.91 Å². The van der Waals surface area contributed by atoms with E-state index in [4.69, 9.17) is 30.5 Å². The molecule has 0 bridgehead atoms. The van der Waals surface area contributed by atoms with Crippen LogP contribution in [0.4, 0.5) is 10.5 Å². The van der Waals surface area contributed by atoms with E-state index in [1.807, 2.05) is 24.8 Å². The van der Waals surface area contributed by atoms with Crippen LogP contribution >= 0.6 is 11.6 Å². The van der Waals surface area contributed by atoms with E-state index in [0.29, 0.717) is 64.1 Å². The largest absolute Gasteiger partial charge is 0.493 e. The molecule has 3 amide bonds. The fourth-order valence-corrected chi connectivity index (χ4v) is 5.39. The molecule has 2 aliphatic heterocycles. The molecule has 42 heavy (non-hydrogen) atoms. The summed E-state index contributed by atoms with van der Waals surface area (Å²) in [5.74, 6) is 2.30. The van der Waals surface area contributed by atoms with Crippen LogP contribution in [0.2, 0.25) is 5.02 Å². The number of benzene rings is 2. The van der Waals surface area contributed by atoms with Crippen molar-refractivity contribution in [3.8, 4) is 23.0 Å². The first-order chi connectivity index (χ1) is 20.2. The van der Waals surface area contributed by atoms with Crippen molar-refractivity contribution in [2.75, 3.05) is 45.3 Å². The van der Waals surface area contributed by atoms with Gasteiger partial charge in [0, 0.05) is 54.7 Å². The highest BCUT2D eigenvalue weighted by atomic mass is 35.5. The second-order valence-corrected chi connectivity index (χ2v) is 11.6. The third-order valence-corrected chi connectivity index (χ3v) is 7.92. The predicted molar refractivity (Wildman–Crippen MR) is 161 cm³/mol. The topological polar surface area (TPSA) is 111 Å². The van der Waals surface area contributed by atoms with E-state index in [9.17, 15) is 9.59 Å². The van der Waals surface area contributed by atoms with E-state index < -0.39 is 0 Å². The minimum Gasteiger partial charge on any atom is -0.493 e. The summed E-state index contributed by atoms with van der Waals surface area (Å²) < 4.78 is 23.2. The van der Waals surface area contributed by atoms with Gasteiger partial charge in [-0.3, -0.25) is 9.78 Å². The van der Waals surface area contributed by atoms with E-state index in [1.54, 1.807) is 43.6 Å². The van der Waals surface area contributed by atoms with Crippen LogP contribution in [0.3, 0.4) is 0 Å². The maximum absolute atomic E-state index is 12.7. The second kappa shape index (κ2) is 13.0. The van der Waals surface area contributed by atoms with E-state index in [2.05, 4.69) is 15.6 Å². The number of hydrogen-bond donors (Lipinski definition) is 2. The molecule has 2 aliphatic rings. The summed E-state index contributed by atoms with van der Waals surface area (Å²) in [6, 6.07) is 10.1. The van der Waals surface area contributed by atoms with Crippen LogP contribution in [-0.4, -0.2) is 67.9 Å². The standard InChI is InChI=1S/C31H37ClN4O6/c1-20(2)34-30(38)35-24-7-6-21(15-23(24)32)42-26-8-11-33-25-17-28(27(39-3)16-22(25)26)41-14-4-5-29(37)36-12-9-31(10-13-36)18-40-19-31/h6-8,11,15-17,20H,4-5,9-10,12-14,18-19H2,1-3H3,(H2,34,35,38). The molecular formula is C31H37ClN4O6. The molecule has 0 saturated carbocycles. The number of carbonyl (C=O) groups is 2. The highest BCUT2D eigenvalue weighted by Crippen LogP contribution is 2.39. The Morgan fingerprint density at radius 2 is 1.88 bits per heavy atom. The Hall–Kier alpha value is -3.76. The Bertz CT molecular complexity index is 1430. The zero-order valence-corrected chi connectivity index (χ0v) is 25.0. The molecule has 10 nitrogen and oxygen atoms in total. The van der Waals surface area contributed by atoms with Crippen LogP contribution in [0, 0.1) is 5.41 Å². The lowest BCUT2D eigenvalue weighted by Crippen LogP contribution is -2.52. The maximum atomic E-state index is 12.7. The second-order valence-electron chi connectivity index (χ2n) is 11.2. The van der Waals surface area contributed by atoms with Crippen LogP contribution < -0.4 is 24.8 Å². The van der Waals surface area contributed by atoms with Crippen molar-refractivity contribution in [3.05, 3.63) is 47.6 Å². The number of piperidine rings is 1. The number of carbonyl (C=O) groups excluding carboxylic acids is 2. The third kappa shape index (κ3) is 6.99. The molecule has 3 aromatic rings. The SMILES string of the molecule is COc1cc2c(Oc3ccc(NC(=O)NC(C)C)c(Cl)c3)ccnc2cc1OCCCC(=O)N1CCC2(CC1)COC2. The molecule has 0 atom stereocenters. The predicted octanol–water partition coefficient (Wildman–Crippen LogP) is 6.02. The number of anilines is 1. The van der Waals surface area contributed by atoms with Crippen molar-refractivity contribution in [1.82, 2.24) is 15.2 Å². The summed E-state index contributed by atoms with van der Waals surface area (Å²) in [6.07, 6.45) is 4.74. The van der Waals surface area contributed by atoms with Gasteiger partial charge >= 0.3 is 6.03 Å². The Morgan fingerprint density at radius 1 is 1.10 bits per heavy atom. The number of hydrogen-bond acceptors (Lipinski definition) is 7. The number of pyridine rings is 1. The molecule has 0 aliphatic carbocycles. The first-order valence-corrected chi connectivity index (χ1v) is 14.6. The number of urea groups is 1. The number of ether oxygens (including phenoxy) is 4.